The fourth-order valence-electron chi connectivity index (χ4n) is 3.77. The van der Waals surface area contributed by atoms with Crippen molar-refractivity contribution in [2.75, 3.05) is 32.7 Å². The Kier molecular flexibility index (Phi) is 6.26. The van der Waals surface area contributed by atoms with Crippen LogP contribution in [0.5, 0.6) is 5.75 Å². The highest BCUT2D eigenvalue weighted by Gasteiger charge is 2.33. The maximum absolute atomic E-state index is 12.9. The molecule has 2 heterocycles. The quantitative estimate of drug-likeness (QED) is 0.866. The fraction of sp³-hybridized carbons (Fsp3) is 0.579. The summed E-state index contributed by atoms with van der Waals surface area (Å²) in [7, 11) is 0. The Balaban J connectivity index is 1.69. The minimum atomic E-state index is -3.00. The molecule has 1 aromatic rings. The zero-order valence-corrected chi connectivity index (χ0v) is 15.4. The molecule has 0 saturated carbocycles. The number of piperidine rings is 1. The van der Waals surface area contributed by atoms with Gasteiger partial charge in [0.15, 0.2) is 0 Å². The van der Waals surface area contributed by atoms with E-state index in [0.29, 0.717) is 32.6 Å². The molecule has 8 heteroatoms. The Bertz CT molecular complexity index is 686. The van der Waals surface area contributed by atoms with E-state index < -0.39 is 6.61 Å². The maximum Gasteiger partial charge on any atom is 0.387 e. The van der Waals surface area contributed by atoms with Gasteiger partial charge in [0, 0.05) is 38.8 Å². The first-order valence-electron chi connectivity index (χ1n) is 9.31. The lowest BCUT2D eigenvalue weighted by molar-refractivity contribution is -0.138. The number of carbonyl (C=O) groups is 2. The summed E-state index contributed by atoms with van der Waals surface area (Å²) in [6.07, 6.45) is 1.44. The Morgan fingerprint density at radius 1 is 1.19 bits per heavy atom. The number of piperazine rings is 1. The lowest BCUT2D eigenvalue weighted by Crippen LogP contribution is -2.54. The van der Waals surface area contributed by atoms with Crippen molar-refractivity contribution in [2.45, 2.75) is 32.4 Å². The largest absolute Gasteiger partial charge is 0.434 e. The number of halogens is 2. The van der Waals surface area contributed by atoms with Gasteiger partial charge in [0.05, 0.1) is 11.5 Å². The third-order valence-electron chi connectivity index (χ3n) is 5.07. The first-order valence-corrected chi connectivity index (χ1v) is 9.31. The van der Waals surface area contributed by atoms with Crippen LogP contribution in [0, 0.1) is 5.92 Å². The number of hydrogen-bond acceptors (Lipinski definition) is 4. The van der Waals surface area contributed by atoms with Gasteiger partial charge < -0.3 is 19.9 Å². The van der Waals surface area contributed by atoms with Crippen molar-refractivity contribution in [3.05, 3.63) is 29.8 Å². The number of ether oxygens (including phenoxy) is 1. The first-order chi connectivity index (χ1) is 13.0. The summed E-state index contributed by atoms with van der Waals surface area (Å²) in [4.78, 5) is 29.1. The molecule has 2 fully saturated rings. The van der Waals surface area contributed by atoms with Crippen LogP contribution in [0.3, 0.4) is 0 Å². The number of hydrogen-bond donors (Lipinski definition) is 1. The van der Waals surface area contributed by atoms with Crippen molar-refractivity contribution in [2.24, 2.45) is 5.92 Å². The van der Waals surface area contributed by atoms with E-state index in [1.807, 2.05) is 11.8 Å². The number of benzene rings is 1. The average molecular weight is 381 g/mol. The summed E-state index contributed by atoms with van der Waals surface area (Å²) >= 11 is 0. The standard InChI is InChI=1S/C19H25F2N3O3/c1-13-11-24(10-8-22-13)17(25)14-5-4-9-23(12-14)18(26)15-6-2-3-7-16(15)27-19(20)21/h2-3,6-7,13-14,19,22H,4-5,8-12H2,1H3. The van der Waals surface area contributed by atoms with Gasteiger partial charge in [0.25, 0.3) is 5.91 Å². The minimum Gasteiger partial charge on any atom is -0.434 e. The van der Waals surface area contributed by atoms with Gasteiger partial charge in [0.1, 0.15) is 5.75 Å². The Labute approximate surface area is 157 Å². The zero-order chi connectivity index (χ0) is 19.4. The predicted octanol–water partition coefficient (Wildman–Crippen LogP) is 1.96. The van der Waals surface area contributed by atoms with Gasteiger partial charge in [-0.25, -0.2) is 0 Å². The van der Waals surface area contributed by atoms with Gasteiger partial charge in [-0.15, -0.1) is 0 Å². The predicted molar refractivity (Wildman–Crippen MR) is 95.7 cm³/mol. The number of nitrogens with one attached hydrogen (secondary N) is 1. The highest BCUT2D eigenvalue weighted by Crippen LogP contribution is 2.26. The molecule has 0 bridgehead atoms. The number of carbonyl (C=O) groups excluding carboxylic acids is 2. The molecule has 27 heavy (non-hydrogen) atoms. The second-order valence-electron chi connectivity index (χ2n) is 7.10. The van der Waals surface area contributed by atoms with Gasteiger partial charge in [-0.2, -0.15) is 8.78 Å². The maximum atomic E-state index is 12.9. The summed E-state index contributed by atoms with van der Waals surface area (Å²) < 4.78 is 29.7. The monoisotopic (exact) mass is 381 g/mol. The van der Waals surface area contributed by atoms with Crippen LogP contribution in [-0.2, 0) is 4.79 Å². The number of likely N-dealkylation sites (tertiary alicyclic amines) is 1. The van der Waals surface area contributed by atoms with Crippen LogP contribution in [0.25, 0.3) is 0 Å². The topological polar surface area (TPSA) is 61.9 Å². The second-order valence-corrected chi connectivity index (χ2v) is 7.10. The van der Waals surface area contributed by atoms with E-state index >= 15 is 0 Å². The lowest BCUT2D eigenvalue weighted by atomic mass is 9.95. The van der Waals surface area contributed by atoms with E-state index in [4.69, 9.17) is 0 Å². The zero-order valence-electron chi connectivity index (χ0n) is 15.4. The Morgan fingerprint density at radius 2 is 1.96 bits per heavy atom. The number of alkyl halides is 2. The van der Waals surface area contributed by atoms with Crippen LogP contribution in [0.2, 0.25) is 0 Å². The van der Waals surface area contributed by atoms with Gasteiger partial charge in [-0.05, 0) is 31.9 Å². The summed E-state index contributed by atoms with van der Waals surface area (Å²) in [5.41, 5.74) is 0.0988. The lowest BCUT2D eigenvalue weighted by Gasteiger charge is -2.38. The number of nitrogens with zero attached hydrogens (tertiary/aromatic N) is 2. The molecule has 6 nitrogen and oxygen atoms in total. The highest BCUT2D eigenvalue weighted by molar-refractivity contribution is 5.97. The number of rotatable bonds is 4. The smallest absolute Gasteiger partial charge is 0.387 e. The van der Waals surface area contributed by atoms with E-state index in [9.17, 15) is 18.4 Å². The Morgan fingerprint density at radius 3 is 2.70 bits per heavy atom. The van der Waals surface area contributed by atoms with Gasteiger partial charge in [-0.3, -0.25) is 9.59 Å². The molecule has 0 aliphatic carbocycles. The molecule has 2 amide bonds. The third-order valence-corrected chi connectivity index (χ3v) is 5.07. The van der Waals surface area contributed by atoms with Crippen LogP contribution < -0.4 is 10.1 Å². The third kappa shape index (κ3) is 4.74. The molecule has 0 spiro atoms. The van der Waals surface area contributed by atoms with Crippen LogP contribution in [0.4, 0.5) is 8.78 Å². The van der Waals surface area contributed by atoms with Crippen molar-refractivity contribution >= 4 is 11.8 Å². The molecule has 2 unspecified atom stereocenters. The number of para-hydroxylation sites is 1. The van der Waals surface area contributed by atoms with Gasteiger partial charge in [-0.1, -0.05) is 12.1 Å². The molecule has 1 aromatic carbocycles. The number of amides is 2. The SMILES string of the molecule is CC1CN(C(=O)C2CCCN(C(=O)c3ccccc3OC(F)F)C2)CCN1. The van der Waals surface area contributed by atoms with Crippen molar-refractivity contribution in [1.82, 2.24) is 15.1 Å². The average Bonchev–Trinajstić information content (AvgIpc) is 2.67. The van der Waals surface area contributed by atoms with Gasteiger partial charge in [0.2, 0.25) is 5.91 Å². The fourth-order valence-corrected chi connectivity index (χ4v) is 3.77. The van der Waals surface area contributed by atoms with Crippen molar-refractivity contribution in [1.29, 1.82) is 0 Å². The van der Waals surface area contributed by atoms with Crippen molar-refractivity contribution in [3.63, 3.8) is 0 Å². The molecule has 2 aliphatic rings. The molecule has 148 valence electrons. The summed E-state index contributed by atoms with van der Waals surface area (Å²) in [6, 6.07) is 6.24. The first kappa shape index (κ1) is 19.5. The van der Waals surface area contributed by atoms with E-state index in [-0.39, 0.29) is 35.1 Å². The molecule has 0 aromatic heterocycles. The molecule has 1 N–H and O–H groups in total. The normalized spacial score (nSPS) is 23.4. The second kappa shape index (κ2) is 8.65. The van der Waals surface area contributed by atoms with Crippen LogP contribution in [0.1, 0.15) is 30.1 Å². The van der Waals surface area contributed by atoms with Crippen molar-refractivity contribution < 1.29 is 23.1 Å². The van der Waals surface area contributed by atoms with Crippen LogP contribution in [-0.4, -0.2) is 67.0 Å². The molecule has 2 atom stereocenters. The van der Waals surface area contributed by atoms with Gasteiger partial charge >= 0.3 is 6.61 Å². The van der Waals surface area contributed by atoms with Crippen molar-refractivity contribution in [3.8, 4) is 5.75 Å². The van der Waals surface area contributed by atoms with E-state index in [0.717, 1.165) is 13.0 Å². The highest BCUT2D eigenvalue weighted by atomic mass is 19.3. The molecule has 3 rings (SSSR count). The Hall–Kier alpha value is -2.22. The molecular weight excluding hydrogens is 356 g/mol. The molecule has 0 radical (unpaired) electrons. The molecular formula is C19H25F2N3O3. The summed E-state index contributed by atoms with van der Waals surface area (Å²) in [6.45, 7) is 1.94. The molecule has 2 aliphatic heterocycles. The van der Waals surface area contributed by atoms with Crippen LogP contribution >= 0.6 is 0 Å². The van der Waals surface area contributed by atoms with Crippen LogP contribution in [0.15, 0.2) is 24.3 Å². The summed E-state index contributed by atoms with van der Waals surface area (Å²) in [5.74, 6) is -0.701. The summed E-state index contributed by atoms with van der Waals surface area (Å²) in [5, 5.41) is 3.31. The minimum absolute atomic E-state index is 0.0676. The molecule has 2 saturated heterocycles. The van der Waals surface area contributed by atoms with E-state index in [2.05, 4.69) is 10.1 Å². The van der Waals surface area contributed by atoms with E-state index in [1.165, 1.54) is 12.1 Å². The van der Waals surface area contributed by atoms with E-state index in [1.54, 1.807) is 17.0 Å².